The molecule has 124 valence electrons. The Hall–Kier alpha value is -3.27. The summed E-state index contributed by atoms with van der Waals surface area (Å²) in [5.74, 6) is -1.50. The van der Waals surface area contributed by atoms with Gasteiger partial charge in [-0.25, -0.2) is 13.9 Å². The average Bonchev–Trinajstić information content (AvgIpc) is 2.57. The molecule has 0 bridgehead atoms. The third-order valence-corrected chi connectivity index (χ3v) is 4.53. The van der Waals surface area contributed by atoms with Crippen LogP contribution in [0, 0.1) is 23.0 Å². The van der Waals surface area contributed by atoms with E-state index in [-0.39, 0.29) is 22.9 Å². The third kappa shape index (κ3) is 2.26. The molecule has 2 heterocycles. The zero-order chi connectivity index (χ0) is 17.7. The van der Waals surface area contributed by atoms with E-state index in [1.54, 1.807) is 12.1 Å². The molecule has 0 saturated carbocycles. The van der Waals surface area contributed by atoms with Crippen molar-refractivity contribution in [2.45, 2.75) is 18.9 Å². The maximum absolute atomic E-state index is 14.1. The normalized spacial score (nSPS) is 18.6. The first-order chi connectivity index (χ1) is 12.0. The Morgan fingerprint density at radius 3 is 2.76 bits per heavy atom. The van der Waals surface area contributed by atoms with E-state index in [2.05, 4.69) is 15.5 Å². The molecule has 1 aliphatic rings. The Balaban J connectivity index is 2.00. The fourth-order valence-corrected chi connectivity index (χ4v) is 3.46. The first-order valence-electron chi connectivity index (χ1n) is 7.67. The minimum atomic E-state index is -0.613. The quantitative estimate of drug-likeness (QED) is 0.715. The number of benzene rings is 2. The van der Waals surface area contributed by atoms with Crippen LogP contribution >= 0.6 is 0 Å². The lowest BCUT2D eigenvalue weighted by atomic mass is 9.83. The molecule has 2 atom stereocenters. The summed E-state index contributed by atoms with van der Waals surface area (Å²) < 4.78 is 27.9. The average molecular weight is 338 g/mol. The summed E-state index contributed by atoms with van der Waals surface area (Å²) in [5, 5.41) is 19.3. The third-order valence-electron chi connectivity index (χ3n) is 4.53. The molecule has 2 N–H and O–H groups in total. The second kappa shape index (κ2) is 5.38. The van der Waals surface area contributed by atoms with Crippen LogP contribution in [0.15, 0.2) is 35.1 Å². The van der Waals surface area contributed by atoms with Crippen molar-refractivity contribution in [3.8, 4) is 6.07 Å². The topological polar surface area (TPSA) is 81.6 Å². The molecular weight excluding hydrogens is 326 g/mol. The predicted molar refractivity (Wildman–Crippen MR) is 88.4 cm³/mol. The maximum atomic E-state index is 14.1. The van der Waals surface area contributed by atoms with Gasteiger partial charge < -0.3 is 5.32 Å². The molecule has 0 unspecified atom stereocenters. The lowest BCUT2D eigenvalue weighted by Crippen LogP contribution is -2.31. The summed E-state index contributed by atoms with van der Waals surface area (Å²) in [6, 6.07) is 8.43. The zero-order valence-electron chi connectivity index (χ0n) is 13.1. The van der Waals surface area contributed by atoms with Gasteiger partial charge in [0.25, 0.3) is 5.56 Å². The molecule has 0 radical (unpaired) electrons. The van der Waals surface area contributed by atoms with Gasteiger partial charge in [-0.2, -0.15) is 10.4 Å². The zero-order valence-corrected chi connectivity index (χ0v) is 13.1. The highest BCUT2D eigenvalue weighted by atomic mass is 19.1. The molecule has 0 fully saturated rings. The van der Waals surface area contributed by atoms with Crippen molar-refractivity contribution in [1.82, 2.24) is 10.2 Å². The lowest BCUT2D eigenvalue weighted by molar-refractivity contribution is 0.606. The number of nitrogens with zero attached hydrogens (tertiary/aromatic N) is 2. The fourth-order valence-electron chi connectivity index (χ4n) is 3.46. The van der Waals surface area contributed by atoms with E-state index >= 15 is 0 Å². The van der Waals surface area contributed by atoms with E-state index in [1.807, 2.05) is 6.92 Å². The van der Waals surface area contributed by atoms with Crippen molar-refractivity contribution >= 4 is 16.5 Å². The molecule has 0 amide bonds. The summed E-state index contributed by atoms with van der Waals surface area (Å²) in [4.78, 5) is 12.0. The number of hydrogen-bond acceptors (Lipinski definition) is 4. The van der Waals surface area contributed by atoms with Gasteiger partial charge in [0, 0.05) is 23.0 Å². The second-order valence-corrected chi connectivity index (χ2v) is 6.08. The van der Waals surface area contributed by atoms with Gasteiger partial charge in [-0.3, -0.25) is 4.79 Å². The predicted octanol–water partition coefficient (Wildman–Crippen LogP) is 3.02. The van der Waals surface area contributed by atoms with Crippen molar-refractivity contribution < 1.29 is 8.78 Å². The van der Waals surface area contributed by atoms with E-state index in [4.69, 9.17) is 5.26 Å². The monoisotopic (exact) mass is 338 g/mol. The van der Waals surface area contributed by atoms with Crippen LogP contribution in [-0.4, -0.2) is 16.2 Å². The van der Waals surface area contributed by atoms with Crippen molar-refractivity contribution in [1.29, 1.82) is 5.26 Å². The first-order valence-corrected chi connectivity index (χ1v) is 7.67. The van der Waals surface area contributed by atoms with Crippen LogP contribution in [0.2, 0.25) is 0 Å². The number of nitrogens with one attached hydrogen (secondary N) is 2. The molecule has 7 heteroatoms. The number of aromatic amines is 1. The van der Waals surface area contributed by atoms with Gasteiger partial charge in [-0.1, -0.05) is 6.07 Å². The summed E-state index contributed by atoms with van der Waals surface area (Å²) in [6.07, 6.45) is 0. The molecule has 1 aromatic heterocycles. The molecule has 0 saturated heterocycles. The van der Waals surface area contributed by atoms with Gasteiger partial charge in [0.2, 0.25) is 0 Å². The number of halogens is 2. The molecule has 25 heavy (non-hydrogen) atoms. The van der Waals surface area contributed by atoms with Crippen LogP contribution in [0.5, 0.6) is 0 Å². The molecule has 2 aromatic carbocycles. The van der Waals surface area contributed by atoms with Crippen LogP contribution in [0.25, 0.3) is 10.8 Å². The highest BCUT2D eigenvalue weighted by molar-refractivity contribution is 5.97. The number of aromatic nitrogens is 2. The maximum Gasteiger partial charge on any atom is 0.272 e. The number of nitriles is 1. The SMILES string of the molecule is C[C@@H]1Nc2cc(F)cc3c(=O)[nH]nc(c23)[C@H]1c1ccc(C#N)c(F)c1. The largest absolute Gasteiger partial charge is 0.381 e. The van der Waals surface area contributed by atoms with E-state index in [1.165, 1.54) is 18.2 Å². The van der Waals surface area contributed by atoms with E-state index in [9.17, 15) is 13.6 Å². The molecule has 0 aliphatic carbocycles. The Bertz CT molecular complexity index is 1120. The number of anilines is 1. The van der Waals surface area contributed by atoms with E-state index < -0.39 is 17.2 Å². The van der Waals surface area contributed by atoms with E-state index in [0.29, 0.717) is 22.3 Å². The highest BCUT2D eigenvalue weighted by Gasteiger charge is 2.32. The Morgan fingerprint density at radius 2 is 2.04 bits per heavy atom. The minimum absolute atomic E-state index is 0.0396. The van der Waals surface area contributed by atoms with Crippen molar-refractivity contribution in [2.24, 2.45) is 0 Å². The van der Waals surface area contributed by atoms with Crippen LogP contribution < -0.4 is 10.9 Å². The minimum Gasteiger partial charge on any atom is -0.381 e. The highest BCUT2D eigenvalue weighted by Crippen LogP contribution is 2.40. The van der Waals surface area contributed by atoms with Gasteiger partial charge in [0.05, 0.1) is 16.6 Å². The van der Waals surface area contributed by atoms with Gasteiger partial charge in [-0.15, -0.1) is 0 Å². The van der Waals surface area contributed by atoms with Crippen LogP contribution in [-0.2, 0) is 0 Å². The van der Waals surface area contributed by atoms with Crippen molar-refractivity contribution in [3.05, 3.63) is 69.1 Å². The van der Waals surface area contributed by atoms with Gasteiger partial charge in [-0.05, 0) is 36.8 Å². The molecule has 0 spiro atoms. The molecule has 5 nitrogen and oxygen atoms in total. The van der Waals surface area contributed by atoms with Crippen LogP contribution in [0.3, 0.4) is 0 Å². The molecule has 4 rings (SSSR count). The number of H-pyrrole nitrogens is 1. The van der Waals surface area contributed by atoms with Gasteiger partial charge >= 0.3 is 0 Å². The first kappa shape index (κ1) is 15.3. The van der Waals surface area contributed by atoms with Crippen LogP contribution in [0.4, 0.5) is 14.5 Å². The number of rotatable bonds is 1. The Labute approximate surface area is 140 Å². The lowest BCUT2D eigenvalue weighted by Gasteiger charge is -2.32. The van der Waals surface area contributed by atoms with Crippen LogP contribution in [0.1, 0.15) is 29.7 Å². The molecule has 1 aliphatic heterocycles. The summed E-state index contributed by atoms with van der Waals surface area (Å²) >= 11 is 0. The number of hydrogen-bond donors (Lipinski definition) is 2. The smallest absolute Gasteiger partial charge is 0.272 e. The Morgan fingerprint density at radius 1 is 1.24 bits per heavy atom. The fraction of sp³-hybridized carbons (Fsp3) is 0.167. The summed E-state index contributed by atoms with van der Waals surface area (Å²) in [7, 11) is 0. The van der Waals surface area contributed by atoms with E-state index in [0.717, 1.165) is 6.07 Å². The Kier molecular flexibility index (Phi) is 3.29. The van der Waals surface area contributed by atoms with Gasteiger partial charge in [0.1, 0.15) is 17.7 Å². The molecular formula is C18H12F2N4O. The van der Waals surface area contributed by atoms with Crippen molar-refractivity contribution in [3.63, 3.8) is 0 Å². The van der Waals surface area contributed by atoms with Gasteiger partial charge in [0.15, 0.2) is 0 Å². The van der Waals surface area contributed by atoms with Crippen molar-refractivity contribution in [2.75, 3.05) is 5.32 Å². The summed E-state index contributed by atoms with van der Waals surface area (Å²) in [5.41, 5.74) is 1.12. The second-order valence-electron chi connectivity index (χ2n) is 6.08. The molecule has 3 aromatic rings. The standard InChI is InChI=1S/C18H12F2N4O/c1-8-15(9-2-3-10(7-21)13(20)4-9)17-16-12(18(25)24-23-17)5-11(19)6-14(16)22-8/h2-6,8,15,22H,1H3,(H,24,25)/t8-,15+/m0/s1. The summed E-state index contributed by atoms with van der Waals surface area (Å²) in [6.45, 7) is 1.87.